The van der Waals surface area contributed by atoms with E-state index in [2.05, 4.69) is 21.3 Å². The lowest BCUT2D eigenvalue weighted by atomic mass is 10.1. The number of rotatable bonds is 9. The number of carbonyl (C=O) groups excluding carboxylic acids is 1. The van der Waals surface area contributed by atoms with Gasteiger partial charge in [-0.3, -0.25) is 9.69 Å². The number of anilines is 2. The molecule has 4 rings (SSSR count). The molecule has 0 unspecified atom stereocenters. The molecule has 1 aliphatic rings. The molecule has 3 aromatic rings. The van der Waals surface area contributed by atoms with Crippen LogP contribution in [0.25, 0.3) is 0 Å². The van der Waals surface area contributed by atoms with Gasteiger partial charge in [0.25, 0.3) is 5.91 Å². The van der Waals surface area contributed by atoms with Crippen LogP contribution in [-0.4, -0.2) is 59.0 Å². The summed E-state index contributed by atoms with van der Waals surface area (Å²) < 4.78 is 5.67. The highest BCUT2D eigenvalue weighted by Crippen LogP contribution is 2.31. The van der Waals surface area contributed by atoms with E-state index in [0.717, 1.165) is 30.8 Å². The summed E-state index contributed by atoms with van der Waals surface area (Å²) in [5, 5.41) is 14.6. The topological polar surface area (TPSA) is 94.4 Å². The van der Waals surface area contributed by atoms with Gasteiger partial charge in [-0.15, -0.1) is 11.3 Å². The molecule has 1 aromatic carbocycles. The second kappa shape index (κ2) is 10.9. The molecule has 170 valence electrons. The molecule has 33 heavy (non-hydrogen) atoms. The molecule has 1 saturated heterocycles. The summed E-state index contributed by atoms with van der Waals surface area (Å²) in [6, 6.07) is 17.7. The maximum absolute atomic E-state index is 12.7. The Kier molecular flexibility index (Phi) is 7.50. The highest BCUT2D eigenvalue weighted by atomic mass is 32.1. The van der Waals surface area contributed by atoms with Crippen molar-refractivity contribution in [3.8, 4) is 11.8 Å². The largest absolute Gasteiger partial charge is 0.492 e. The van der Waals surface area contributed by atoms with E-state index in [1.165, 1.54) is 11.3 Å². The van der Waals surface area contributed by atoms with E-state index in [1.54, 1.807) is 17.3 Å². The molecule has 9 heteroatoms. The van der Waals surface area contributed by atoms with E-state index in [9.17, 15) is 4.79 Å². The van der Waals surface area contributed by atoms with Crippen molar-refractivity contribution in [1.82, 2.24) is 19.8 Å². The van der Waals surface area contributed by atoms with Gasteiger partial charge in [0.15, 0.2) is 5.13 Å². The zero-order valence-electron chi connectivity index (χ0n) is 18.5. The van der Waals surface area contributed by atoms with Gasteiger partial charge in [-0.2, -0.15) is 5.26 Å². The number of thiazole rings is 1. The van der Waals surface area contributed by atoms with Gasteiger partial charge in [0, 0.05) is 12.4 Å². The molecule has 1 N–H and O–H groups in total. The van der Waals surface area contributed by atoms with Gasteiger partial charge in [-0.05, 0) is 43.7 Å². The van der Waals surface area contributed by atoms with Gasteiger partial charge in [-0.25, -0.2) is 9.97 Å². The van der Waals surface area contributed by atoms with E-state index in [-0.39, 0.29) is 11.9 Å². The number of hydrogen-bond donors (Lipinski definition) is 1. The number of para-hydroxylation sites is 1. The third-order valence-electron chi connectivity index (χ3n) is 5.49. The Bertz CT molecular complexity index is 1110. The number of hydrogen-bond acceptors (Lipinski definition) is 8. The number of nitrogens with one attached hydrogen (secondary N) is 1. The minimum absolute atomic E-state index is 0.157. The number of amides is 1. The quantitative estimate of drug-likeness (QED) is 0.479. The highest BCUT2D eigenvalue weighted by molar-refractivity contribution is 7.14. The number of nitriles is 1. The van der Waals surface area contributed by atoms with Crippen molar-refractivity contribution in [3.05, 3.63) is 65.3 Å². The zero-order chi connectivity index (χ0) is 23.0. The Morgan fingerprint density at radius 2 is 2.12 bits per heavy atom. The van der Waals surface area contributed by atoms with Crippen LogP contribution < -0.4 is 10.1 Å². The third-order valence-corrected chi connectivity index (χ3v) is 6.25. The first-order valence-corrected chi connectivity index (χ1v) is 11.8. The molecule has 2 aromatic heterocycles. The Morgan fingerprint density at radius 1 is 1.27 bits per heavy atom. The fraction of sp³-hybridized carbons (Fsp3) is 0.333. The maximum atomic E-state index is 12.7. The van der Waals surface area contributed by atoms with Crippen LogP contribution in [-0.2, 0) is 0 Å². The fourth-order valence-electron chi connectivity index (χ4n) is 3.80. The van der Waals surface area contributed by atoms with Crippen LogP contribution in [0.4, 0.5) is 10.9 Å². The average Bonchev–Trinajstić information content (AvgIpc) is 3.49. The monoisotopic (exact) mass is 462 g/mol. The molecule has 0 spiro atoms. The first kappa shape index (κ1) is 22.7. The fourth-order valence-corrected chi connectivity index (χ4v) is 4.49. The normalized spacial score (nSPS) is 15.7. The average molecular weight is 463 g/mol. The predicted octanol–water partition coefficient (Wildman–Crippen LogP) is 4.09. The first-order chi connectivity index (χ1) is 16.1. The lowest BCUT2D eigenvalue weighted by Crippen LogP contribution is -2.31. The maximum Gasteiger partial charge on any atom is 0.273 e. The van der Waals surface area contributed by atoms with Crippen LogP contribution in [0.3, 0.4) is 0 Å². The lowest BCUT2D eigenvalue weighted by molar-refractivity contribution is 0.0769. The van der Waals surface area contributed by atoms with Crippen molar-refractivity contribution in [3.63, 3.8) is 0 Å². The zero-order valence-corrected chi connectivity index (χ0v) is 19.3. The molecule has 1 atom stereocenters. The minimum atomic E-state index is -0.157. The number of aromatic nitrogens is 2. The van der Waals surface area contributed by atoms with Crippen LogP contribution in [0.2, 0.25) is 0 Å². The van der Waals surface area contributed by atoms with Crippen LogP contribution in [0.15, 0.2) is 53.9 Å². The lowest BCUT2D eigenvalue weighted by Gasteiger charge is -2.21. The summed E-state index contributed by atoms with van der Waals surface area (Å²) in [5.41, 5.74) is 1.33. The van der Waals surface area contributed by atoms with Gasteiger partial charge in [-0.1, -0.05) is 24.3 Å². The molecule has 1 fully saturated rings. The molecular weight excluding hydrogens is 436 g/mol. The van der Waals surface area contributed by atoms with Gasteiger partial charge in [0.1, 0.15) is 23.9 Å². The third kappa shape index (κ3) is 5.86. The van der Waals surface area contributed by atoms with Crippen molar-refractivity contribution in [2.75, 3.05) is 38.6 Å². The van der Waals surface area contributed by atoms with Crippen molar-refractivity contribution >= 4 is 28.2 Å². The Labute approximate surface area is 197 Å². The van der Waals surface area contributed by atoms with Gasteiger partial charge in [0.05, 0.1) is 30.9 Å². The summed E-state index contributed by atoms with van der Waals surface area (Å²) in [4.78, 5) is 25.7. The number of ether oxygens (including phenoxy) is 1. The van der Waals surface area contributed by atoms with Gasteiger partial charge in [0.2, 0.25) is 0 Å². The molecule has 1 aliphatic heterocycles. The molecular formula is C24H26N6O2S. The summed E-state index contributed by atoms with van der Waals surface area (Å²) in [7, 11) is 1.74. The molecule has 0 radical (unpaired) electrons. The van der Waals surface area contributed by atoms with E-state index in [1.807, 2.05) is 48.5 Å². The van der Waals surface area contributed by atoms with Gasteiger partial charge >= 0.3 is 0 Å². The molecule has 0 aliphatic carbocycles. The number of carbonyl (C=O) groups is 1. The number of likely N-dealkylation sites (tertiary alicyclic amines) is 1. The number of benzene rings is 1. The minimum Gasteiger partial charge on any atom is -0.492 e. The molecule has 3 heterocycles. The predicted molar refractivity (Wildman–Crippen MR) is 128 cm³/mol. The summed E-state index contributed by atoms with van der Waals surface area (Å²) in [6.45, 7) is 2.19. The van der Waals surface area contributed by atoms with Crippen molar-refractivity contribution < 1.29 is 9.53 Å². The molecule has 1 amide bonds. The first-order valence-electron chi connectivity index (χ1n) is 10.9. The van der Waals surface area contributed by atoms with Crippen LogP contribution in [0, 0.1) is 11.3 Å². The number of likely N-dealkylation sites (N-methyl/N-ethyl adjacent to an activating group) is 1. The van der Waals surface area contributed by atoms with Crippen molar-refractivity contribution in [2.45, 2.75) is 18.9 Å². The Hall–Kier alpha value is -3.48. The second-order valence-electron chi connectivity index (χ2n) is 7.79. The van der Waals surface area contributed by atoms with Crippen molar-refractivity contribution in [1.29, 1.82) is 5.26 Å². The van der Waals surface area contributed by atoms with E-state index in [4.69, 9.17) is 15.0 Å². The van der Waals surface area contributed by atoms with Gasteiger partial charge < -0.3 is 15.0 Å². The smallest absolute Gasteiger partial charge is 0.273 e. The Balaban J connectivity index is 1.33. The van der Waals surface area contributed by atoms with Crippen LogP contribution in [0.5, 0.6) is 5.75 Å². The SMILES string of the molecule is CN(CCOc1ccccc1)C(=O)c1csc(Nc2cccc([C@H]3CCCN3CC#N)n2)n1. The number of nitrogens with zero attached hydrogens (tertiary/aromatic N) is 5. The second-order valence-corrected chi connectivity index (χ2v) is 8.64. The van der Waals surface area contributed by atoms with E-state index in [0.29, 0.717) is 36.3 Å². The molecule has 0 bridgehead atoms. The van der Waals surface area contributed by atoms with Crippen LogP contribution >= 0.6 is 11.3 Å². The van der Waals surface area contributed by atoms with E-state index >= 15 is 0 Å². The molecule has 0 saturated carbocycles. The number of pyridine rings is 1. The summed E-state index contributed by atoms with van der Waals surface area (Å²) >= 11 is 1.36. The van der Waals surface area contributed by atoms with Crippen LogP contribution in [0.1, 0.15) is 35.1 Å². The molecule has 8 nitrogen and oxygen atoms in total. The highest BCUT2D eigenvalue weighted by Gasteiger charge is 2.26. The van der Waals surface area contributed by atoms with Crippen molar-refractivity contribution in [2.24, 2.45) is 0 Å². The Morgan fingerprint density at radius 3 is 2.94 bits per heavy atom. The standard InChI is InChI=1S/C24H26N6O2S/c1-29(15-16-32-18-7-3-2-4-8-18)23(31)20-17-33-24(27-20)28-22-11-5-9-19(26-22)21-10-6-13-30(21)14-12-25/h2-5,7-9,11,17,21H,6,10,13-16H2,1H3,(H,26,27,28)/t21-/m1/s1. The summed E-state index contributed by atoms with van der Waals surface area (Å²) in [6.07, 6.45) is 2.06. The van der Waals surface area contributed by atoms with E-state index < -0.39 is 0 Å². The summed E-state index contributed by atoms with van der Waals surface area (Å²) in [5.74, 6) is 1.30.